The van der Waals surface area contributed by atoms with E-state index in [1.54, 1.807) is 7.11 Å². The number of para-hydroxylation sites is 1. The number of hydrogen-bond donors (Lipinski definition) is 1. The van der Waals surface area contributed by atoms with Gasteiger partial charge in [-0.15, -0.1) is 0 Å². The first-order valence-electron chi connectivity index (χ1n) is 3.67. The summed E-state index contributed by atoms with van der Waals surface area (Å²) in [6, 6.07) is 7.79. The van der Waals surface area contributed by atoms with Crippen LogP contribution in [0.5, 0.6) is 5.75 Å². The summed E-state index contributed by atoms with van der Waals surface area (Å²) in [4.78, 5) is 0. The largest absolute Gasteiger partial charge is 0.496 e. The summed E-state index contributed by atoms with van der Waals surface area (Å²) in [5.41, 5.74) is 6.96. The van der Waals surface area contributed by atoms with Gasteiger partial charge in [0.25, 0.3) is 0 Å². The minimum Gasteiger partial charge on any atom is -0.496 e. The zero-order valence-electron chi connectivity index (χ0n) is 7.17. The van der Waals surface area contributed by atoms with E-state index in [9.17, 15) is 0 Å². The SMILES string of the molecule is COc1ccccc1[C@@](C)(N)I. The Morgan fingerprint density at radius 2 is 2.00 bits per heavy atom. The second-order valence-corrected chi connectivity index (χ2v) is 5.02. The maximum atomic E-state index is 5.94. The van der Waals surface area contributed by atoms with Gasteiger partial charge in [0.05, 0.1) is 10.7 Å². The van der Waals surface area contributed by atoms with Crippen molar-refractivity contribution in [3.63, 3.8) is 0 Å². The summed E-state index contributed by atoms with van der Waals surface area (Å²) in [6.45, 7) is 1.95. The molecule has 0 aliphatic rings. The van der Waals surface area contributed by atoms with E-state index in [-0.39, 0.29) is 3.55 Å². The molecule has 1 aromatic carbocycles. The summed E-state index contributed by atoms with van der Waals surface area (Å²) in [7, 11) is 1.65. The third-order valence-electron chi connectivity index (χ3n) is 1.63. The molecule has 0 amide bonds. The molecular weight excluding hydrogens is 265 g/mol. The molecule has 0 fully saturated rings. The summed E-state index contributed by atoms with van der Waals surface area (Å²) in [6.07, 6.45) is 0. The van der Waals surface area contributed by atoms with Gasteiger partial charge in [-0.2, -0.15) is 0 Å². The average molecular weight is 277 g/mol. The lowest BCUT2D eigenvalue weighted by Crippen LogP contribution is -2.25. The molecule has 2 N–H and O–H groups in total. The number of benzene rings is 1. The molecular formula is C9H12INO. The third-order valence-corrected chi connectivity index (χ3v) is 2.21. The maximum Gasteiger partial charge on any atom is 0.124 e. The number of rotatable bonds is 2. The Hall–Kier alpha value is -0.290. The second-order valence-electron chi connectivity index (χ2n) is 2.78. The summed E-state index contributed by atoms with van der Waals surface area (Å²) >= 11 is 2.19. The van der Waals surface area contributed by atoms with Crippen LogP contribution < -0.4 is 10.5 Å². The molecule has 1 atom stereocenters. The molecule has 0 bridgehead atoms. The van der Waals surface area contributed by atoms with E-state index in [4.69, 9.17) is 10.5 Å². The first kappa shape index (κ1) is 9.80. The van der Waals surface area contributed by atoms with E-state index in [0.717, 1.165) is 11.3 Å². The van der Waals surface area contributed by atoms with E-state index < -0.39 is 0 Å². The lowest BCUT2D eigenvalue weighted by atomic mass is 10.1. The first-order valence-corrected chi connectivity index (χ1v) is 4.75. The van der Waals surface area contributed by atoms with Crippen LogP contribution in [0.15, 0.2) is 24.3 Å². The second kappa shape index (κ2) is 3.62. The number of nitrogens with two attached hydrogens (primary N) is 1. The monoisotopic (exact) mass is 277 g/mol. The van der Waals surface area contributed by atoms with Gasteiger partial charge in [-0.25, -0.2) is 0 Å². The molecule has 0 aromatic heterocycles. The molecule has 0 saturated heterocycles. The molecule has 0 aliphatic heterocycles. The van der Waals surface area contributed by atoms with Crippen molar-refractivity contribution < 1.29 is 4.74 Å². The van der Waals surface area contributed by atoms with Crippen LogP contribution in [0, 0.1) is 0 Å². The third kappa shape index (κ3) is 2.10. The minimum absolute atomic E-state index is 0.371. The molecule has 12 heavy (non-hydrogen) atoms. The van der Waals surface area contributed by atoms with E-state index in [2.05, 4.69) is 22.6 Å². The highest BCUT2D eigenvalue weighted by atomic mass is 127. The molecule has 1 aromatic rings. The van der Waals surface area contributed by atoms with Crippen LogP contribution in [-0.2, 0) is 3.55 Å². The van der Waals surface area contributed by atoms with Crippen LogP contribution in [0.4, 0.5) is 0 Å². The van der Waals surface area contributed by atoms with E-state index >= 15 is 0 Å². The first-order chi connectivity index (χ1) is 5.55. The van der Waals surface area contributed by atoms with Crippen LogP contribution in [0.25, 0.3) is 0 Å². The average Bonchev–Trinajstić information content (AvgIpc) is 2.03. The van der Waals surface area contributed by atoms with Crippen molar-refractivity contribution in [2.75, 3.05) is 7.11 Å². The predicted octanol–water partition coefficient (Wildman–Crippen LogP) is 2.26. The van der Waals surface area contributed by atoms with Gasteiger partial charge in [0, 0.05) is 5.56 Å². The Morgan fingerprint density at radius 3 is 2.42 bits per heavy atom. The predicted molar refractivity (Wildman–Crippen MR) is 58.6 cm³/mol. The van der Waals surface area contributed by atoms with E-state index in [1.165, 1.54) is 0 Å². The number of alkyl halides is 1. The van der Waals surface area contributed by atoms with Crippen molar-refractivity contribution in [1.82, 2.24) is 0 Å². The Morgan fingerprint density at radius 1 is 1.42 bits per heavy atom. The lowest BCUT2D eigenvalue weighted by molar-refractivity contribution is 0.406. The van der Waals surface area contributed by atoms with Crippen molar-refractivity contribution in [2.24, 2.45) is 5.73 Å². The highest BCUT2D eigenvalue weighted by Gasteiger charge is 2.19. The van der Waals surface area contributed by atoms with Crippen LogP contribution >= 0.6 is 22.6 Å². The fraction of sp³-hybridized carbons (Fsp3) is 0.333. The van der Waals surface area contributed by atoms with Gasteiger partial charge in [0.2, 0.25) is 0 Å². The number of methoxy groups -OCH3 is 1. The molecule has 0 aliphatic carbocycles. The molecule has 0 spiro atoms. The summed E-state index contributed by atoms with van der Waals surface area (Å²) in [5, 5.41) is 0. The fourth-order valence-electron chi connectivity index (χ4n) is 1.05. The molecule has 0 unspecified atom stereocenters. The number of hydrogen-bond acceptors (Lipinski definition) is 2. The molecule has 1 rings (SSSR count). The minimum atomic E-state index is -0.371. The normalized spacial score (nSPS) is 15.3. The smallest absolute Gasteiger partial charge is 0.124 e. The summed E-state index contributed by atoms with van der Waals surface area (Å²) < 4.78 is 4.82. The Balaban J connectivity index is 3.14. The Labute approximate surface area is 86.2 Å². The number of halogens is 1. The standard InChI is InChI=1S/C9H12INO/c1-9(10,11)7-5-3-4-6-8(7)12-2/h3-6H,11H2,1-2H3/t9-/m1/s1. The number of ether oxygens (including phenoxy) is 1. The van der Waals surface area contributed by atoms with Crippen molar-refractivity contribution >= 4 is 22.6 Å². The van der Waals surface area contributed by atoms with Gasteiger partial charge >= 0.3 is 0 Å². The van der Waals surface area contributed by atoms with Gasteiger partial charge in [-0.05, 0) is 13.0 Å². The van der Waals surface area contributed by atoms with Gasteiger partial charge in [0.15, 0.2) is 0 Å². The van der Waals surface area contributed by atoms with Crippen LogP contribution in [0.1, 0.15) is 12.5 Å². The van der Waals surface area contributed by atoms with E-state index in [0.29, 0.717) is 0 Å². The van der Waals surface area contributed by atoms with Crippen LogP contribution in [0.2, 0.25) is 0 Å². The maximum absolute atomic E-state index is 5.94. The van der Waals surface area contributed by atoms with Crippen molar-refractivity contribution in [1.29, 1.82) is 0 Å². The molecule has 0 saturated carbocycles. The van der Waals surface area contributed by atoms with Gasteiger partial charge in [-0.3, -0.25) is 0 Å². The lowest BCUT2D eigenvalue weighted by Gasteiger charge is -2.19. The van der Waals surface area contributed by atoms with Gasteiger partial charge < -0.3 is 10.5 Å². The topological polar surface area (TPSA) is 35.2 Å². The highest BCUT2D eigenvalue weighted by Crippen LogP contribution is 2.32. The molecule has 2 nitrogen and oxygen atoms in total. The van der Waals surface area contributed by atoms with E-state index in [1.807, 2.05) is 31.2 Å². The molecule has 66 valence electrons. The highest BCUT2D eigenvalue weighted by molar-refractivity contribution is 14.1. The zero-order chi connectivity index (χ0) is 9.19. The molecule has 0 radical (unpaired) electrons. The van der Waals surface area contributed by atoms with Gasteiger partial charge in [-0.1, -0.05) is 40.8 Å². The van der Waals surface area contributed by atoms with Crippen molar-refractivity contribution in [3.05, 3.63) is 29.8 Å². The van der Waals surface area contributed by atoms with Crippen molar-refractivity contribution in [3.8, 4) is 5.75 Å². The quantitative estimate of drug-likeness (QED) is 0.511. The van der Waals surface area contributed by atoms with Crippen molar-refractivity contribution in [2.45, 2.75) is 10.5 Å². The fourth-order valence-corrected chi connectivity index (χ4v) is 1.49. The van der Waals surface area contributed by atoms with Crippen LogP contribution in [-0.4, -0.2) is 7.11 Å². The molecule has 0 heterocycles. The Bertz CT molecular complexity index is 267. The van der Waals surface area contributed by atoms with Crippen LogP contribution in [0.3, 0.4) is 0 Å². The summed E-state index contributed by atoms with van der Waals surface area (Å²) in [5.74, 6) is 0.844. The molecule has 3 heteroatoms. The van der Waals surface area contributed by atoms with Gasteiger partial charge in [0.1, 0.15) is 5.75 Å². The Kier molecular flexibility index (Phi) is 2.95. The zero-order valence-corrected chi connectivity index (χ0v) is 9.33.